The smallest absolute Gasteiger partial charge is 0.352 e. The highest BCUT2D eigenvalue weighted by Crippen LogP contribution is 2.24. The topological polar surface area (TPSA) is 52.1 Å². The van der Waals surface area contributed by atoms with Crippen molar-refractivity contribution in [2.24, 2.45) is 0 Å². The fraction of sp³-hybridized carbons (Fsp3) is 0.308. The van der Waals surface area contributed by atoms with Crippen LogP contribution in [0.25, 0.3) is 11.3 Å². The molecule has 0 aliphatic rings. The Hall–Kier alpha value is -1.75. The Labute approximate surface area is 110 Å². The van der Waals surface area contributed by atoms with Crippen molar-refractivity contribution < 1.29 is 9.53 Å². The molecule has 0 N–H and O–H groups in total. The van der Waals surface area contributed by atoms with E-state index in [0.29, 0.717) is 10.6 Å². The zero-order chi connectivity index (χ0) is 13.0. The fourth-order valence-corrected chi connectivity index (χ4v) is 2.00. The number of rotatable bonds is 4. The number of hydrogen-bond donors (Lipinski definition) is 0. The molecule has 1 heterocycles. The van der Waals surface area contributed by atoms with Crippen LogP contribution in [0.2, 0.25) is 0 Å². The molecule has 2 rings (SSSR count). The van der Waals surface area contributed by atoms with E-state index in [9.17, 15) is 4.79 Å². The van der Waals surface area contributed by atoms with Crippen molar-refractivity contribution in [3.63, 3.8) is 0 Å². The van der Waals surface area contributed by atoms with E-state index >= 15 is 0 Å². The van der Waals surface area contributed by atoms with Gasteiger partial charge in [0.05, 0.1) is 6.10 Å². The first kappa shape index (κ1) is 12.7. The second-order valence-electron chi connectivity index (χ2n) is 3.94. The number of aromatic nitrogens is 2. The highest BCUT2D eigenvalue weighted by molar-refractivity contribution is 7.08. The molecule has 0 amide bonds. The molecule has 18 heavy (non-hydrogen) atoms. The molecule has 0 spiro atoms. The summed E-state index contributed by atoms with van der Waals surface area (Å²) in [6.07, 6.45) is 0.696. The lowest BCUT2D eigenvalue weighted by molar-refractivity contribution is 0.0341. The molecule has 1 atom stereocenters. The van der Waals surface area contributed by atoms with E-state index in [2.05, 4.69) is 9.59 Å². The van der Waals surface area contributed by atoms with Crippen LogP contribution in [-0.4, -0.2) is 21.7 Å². The molecule has 0 unspecified atom stereocenters. The van der Waals surface area contributed by atoms with Crippen molar-refractivity contribution in [3.8, 4) is 11.3 Å². The first-order chi connectivity index (χ1) is 8.72. The number of carbonyl (C=O) groups is 1. The molecule has 94 valence electrons. The number of ether oxygens (including phenoxy) is 1. The zero-order valence-electron chi connectivity index (χ0n) is 10.3. The minimum absolute atomic E-state index is 0.0942. The molecular formula is C13H14N2O2S. The summed E-state index contributed by atoms with van der Waals surface area (Å²) in [4.78, 5) is 12.4. The average molecular weight is 262 g/mol. The number of hydrogen-bond acceptors (Lipinski definition) is 5. The van der Waals surface area contributed by atoms with Gasteiger partial charge in [0, 0.05) is 5.56 Å². The van der Waals surface area contributed by atoms with Gasteiger partial charge >= 0.3 is 5.97 Å². The second kappa shape index (κ2) is 5.73. The van der Waals surface area contributed by atoms with Crippen LogP contribution in [0.15, 0.2) is 30.3 Å². The number of benzene rings is 1. The van der Waals surface area contributed by atoms with Gasteiger partial charge in [0.1, 0.15) is 5.69 Å². The Balaban J connectivity index is 2.26. The minimum atomic E-state index is -0.349. The monoisotopic (exact) mass is 262 g/mol. The molecular weight excluding hydrogens is 248 g/mol. The van der Waals surface area contributed by atoms with Gasteiger partial charge in [-0.25, -0.2) is 4.79 Å². The van der Waals surface area contributed by atoms with Crippen LogP contribution in [0.5, 0.6) is 0 Å². The summed E-state index contributed by atoms with van der Waals surface area (Å²) in [5, 5.41) is 4.01. The Bertz CT molecular complexity index is 525. The van der Waals surface area contributed by atoms with E-state index in [0.717, 1.165) is 23.5 Å². The maximum Gasteiger partial charge on any atom is 0.352 e. The summed E-state index contributed by atoms with van der Waals surface area (Å²) >= 11 is 1.07. The molecule has 0 aliphatic heterocycles. The third kappa shape index (κ3) is 2.73. The van der Waals surface area contributed by atoms with Gasteiger partial charge in [-0.3, -0.25) is 0 Å². The van der Waals surface area contributed by atoms with Crippen molar-refractivity contribution in [2.75, 3.05) is 0 Å². The average Bonchev–Trinajstić information content (AvgIpc) is 2.88. The van der Waals surface area contributed by atoms with Crippen LogP contribution in [0.4, 0.5) is 0 Å². The lowest BCUT2D eigenvalue weighted by atomic mass is 10.1. The van der Waals surface area contributed by atoms with Gasteiger partial charge < -0.3 is 4.74 Å². The number of nitrogens with zero attached hydrogens (tertiary/aromatic N) is 2. The predicted octanol–water partition coefficient (Wildman–Crippen LogP) is 3.16. The third-order valence-corrected chi connectivity index (χ3v) is 3.31. The predicted molar refractivity (Wildman–Crippen MR) is 70.5 cm³/mol. The van der Waals surface area contributed by atoms with Crippen LogP contribution >= 0.6 is 11.5 Å². The van der Waals surface area contributed by atoms with Gasteiger partial charge in [0.15, 0.2) is 4.88 Å². The molecule has 0 saturated carbocycles. The SMILES string of the molecule is CC[C@H](C)OC(=O)c1snnc1-c1ccccc1. The molecule has 0 saturated heterocycles. The maximum absolute atomic E-state index is 12.0. The summed E-state index contributed by atoms with van der Waals surface area (Å²) in [6.45, 7) is 3.84. The normalized spacial score (nSPS) is 12.1. The van der Waals surface area contributed by atoms with E-state index in [4.69, 9.17) is 4.74 Å². The molecule has 4 nitrogen and oxygen atoms in total. The van der Waals surface area contributed by atoms with Crippen LogP contribution in [0.1, 0.15) is 29.9 Å². The van der Waals surface area contributed by atoms with Gasteiger partial charge in [-0.2, -0.15) is 0 Å². The molecule has 0 fully saturated rings. The highest BCUT2D eigenvalue weighted by Gasteiger charge is 2.20. The van der Waals surface area contributed by atoms with Gasteiger partial charge in [0.2, 0.25) is 0 Å². The van der Waals surface area contributed by atoms with E-state index in [1.807, 2.05) is 44.2 Å². The lowest BCUT2D eigenvalue weighted by Crippen LogP contribution is -2.13. The molecule has 0 bridgehead atoms. The molecule has 5 heteroatoms. The summed E-state index contributed by atoms with van der Waals surface area (Å²) in [7, 11) is 0. The Morgan fingerprint density at radius 3 is 2.78 bits per heavy atom. The molecule has 1 aromatic heterocycles. The van der Waals surface area contributed by atoms with Crippen molar-refractivity contribution in [3.05, 3.63) is 35.2 Å². The standard InChI is InChI=1S/C13H14N2O2S/c1-3-9(2)17-13(16)12-11(14-15-18-12)10-7-5-4-6-8-10/h4-9H,3H2,1-2H3/t9-/m0/s1. The minimum Gasteiger partial charge on any atom is -0.458 e. The molecule has 0 radical (unpaired) electrons. The second-order valence-corrected chi connectivity index (χ2v) is 4.69. The largest absolute Gasteiger partial charge is 0.458 e. The van der Waals surface area contributed by atoms with Crippen molar-refractivity contribution in [1.29, 1.82) is 0 Å². The molecule has 0 aliphatic carbocycles. The molecule has 2 aromatic rings. The summed E-state index contributed by atoms with van der Waals surface area (Å²) in [5.74, 6) is -0.349. The van der Waals surface area contributed by atoms with Crippen molar-refractivity contribution in [2.45, 2.75) is 26.4 Å². The van der Waals surface area contributed by atoms with E-state index in [-0.39, 0.29) is 12.1 Å². The van der Waals surface area contributed by atoms with Gasteiger partial charge in [0.25, 0.3) is 0 Å². The first-order valence-electron chi connectivity index (χ1n) is 5.81. The zero-order valence-corrected chi connectivity index (χ0v) is 11.1. The van der Waals surface area contributed by atoms with E-state index < -0.39 is 0 Å². The van der Waals surface area contributed by atoms with Gasteiger partial charge in [-0.15, -0.1) is 5.10 Å². The summed E-state index contributed by atoms with van der Waals surface area (Å²) in [5.41, 5.74) is 1.47. The summed E-state index contributed by atoms with van der Waals surface area (Å²) in [6, 6.07) is 9.52. The molecule has 1 aromatic carbocycles. The Kier molecular flexibility index (Phi) is 4.04. The van der Waals surface area contributed by atoms with Crippen LogP contribution in [-0.2, 0) is 4.74 Å². The fourth-order valence-electron chi connectivity index (χ4n) is 1.43. The van der Waals surface area contributed by atoms with Gasteiger partial charge in [-0.1, -0.05) is 41.7 Å². The van der Waals surface area contributed by atoms with Crippen molar-refractivity contribution in [1.82, 2.24) is 9.59 Å². The van der Waals surface area contributed by atoms with Crippen molar-refractivity contribution >= 4 is 17.5 Å². The lowest BCUT2D eigenvalue weighted by Gasteiger charge is -2.09. The maximum atomic E-state index is 12.0. The van der Waals surface area contributed by atoms with Crippen LogP contribution < -0.4 is 0 Å². The Morgan fingerprint density at radius 1 is 1.39 bits per heavy atom. The number of carbonyl (C=O) groups excluding carboxylic acids is 1. The van der Waals surface area contributed by atoms with E-state index in [1.54, 1.807) is 0 Å². The van der Waals surface area contributed by atoms with E-state index in [1.165, 1.54) is 0 Å². The Morgan fingerprint density at radius 2 is 2.11 bits per heavy atom. The van der Waals surface area contributed by atoms with Gasteiger partial charge in [-0.05, 0) is 24.9 Å². The highest BCUT2D eigenvalue weighted by atomic mass is 32.1. The van der Waals surface area contributed by atoms with Crippen LogP contribution in [0, 0.1) is 0 Å². The van der Waals surface area contributed by atoms with Crippen LogP contribution in [0.3, 0.4) is 0 Å². The first-order valence-corrected chi connectivity index (χ1v) is 6.58. The number of esters is 1. The summed E-state index contributed by atoms with van der Waals surface area (Å²) < 4.78 is 9.14. The quantitative estimate of drug-likeness (QED) is 0.794. The third-order valence-electron chi connectivity index (χ3n) is 2.60.